The normalized spacial score (nSPS) is 24.9. The average Bonchev–Trinajstić information content (AvgIpc) is 3.21. The smallest absolute Gasteiger partial charge is 0.412 e. The van der Waals surface area contributed by atoms with Crippen molar-refractivity contribution in [3.8, 4) is 0 Å². The molecule has 126 valence electrons. The van der Waals surface area contributed by atoms with E-state index in [0.29, 0.717) is 5.76 Å². The zero-order valence-electron chi connectivity index (χ0n) is 13.4. The number of piperidine rings is 1. The number of aromatic nitrogens is 1. The van der Waals surface area contributed by atoms with Gasteiger partial charge in [-0.15, -0.1) is 0 Å². The zero-order chi connectivity index (χ0) is 16.4. The fourth-order valence-electron chi connectivity index (χ4n) is 3.52. The van der Waals surface area contributed by atoms with E-state index in [9.17, 15) is 4.79 Å². The fraction of sp³-hybridized carbons (Fsp3) is 0.444. The van der Waals surface area contributed by atoms with Crippen LogP contribution < -0.4 is 10.6 Å². The molecule has 1 aliphatic carbocycles. The van der Waals surface area contributed by atoms with Crippen molar-refractivity contribution in [2.24, 2.45) is 11.8 Å². The van der Waals surface area contributed by atoms with Crippen molar-refractivity contribution in [1.29, 1.82) is 0 Å². The molecule has 6 nitrogen and oxygen atoms in total. The van der Waals surface area contributed by atoms with Crippen molar-refractivity contribution in [2.75, 3.05) is 11.9 Å². The summed E-state index contributed by atoms with van der Waals surface area (Å²) in [6, 6.07) is 8.80. The highest BCUT2D eigenvalue weighted by molar-refractivity contribution is 5.84. The van der Waals surface area contributed by atoms with Crippen LogP contribution in [-0.4, -0.2) is 23.7 Å². The molecule has 6 heteroatoms. The van der Waals surface area contributed by atoms with E-state index >= 15 is 0 Å². The van der Waals surface area contributed by atoms with E-state index in [2.05, 4.69) is 27.8 Å². The number of hydrogen-bond acceptors (Lipinski definition) is 5. The topological polar surface area (TPSA) is 76.4 Å². The van der Waals surface area contributed by atoms with E-state index in [1.54, 1.807) is 0 Å². The van der Waals surface area contributed by atoms with E-state index in [1.165, 1.54) is 31.0 Å². The van der Waals surface area contributed by atoms with Gasteiger partial charge in [-0.25, -0.2) is 9.78 Å². The summed E-state index contributed by atoms with van der Waals surface area (Å²) in [6.07, 6.45) is 6.04. The third kappa shape index (κ3) is 3.59. The number of nitrogens with one attached hydrogen (secondary N) is 2. The van der Waals surface area contributed by atoms with Gasteiger partial charge in [0.15, 0.2) is 18.8 Å². The molecule has 3 unspecified atom stereocenters. The lowest BCUT2D eigenvalue weighted by Gasteiger charge is -2.22. The molecule has 2 heterocycles. The van der Waals surface area contributed by atoms with Crippen LogP contribution in [0.25, 0.3) is 0 Å². The van der Waals surface area contributed by atoms with Gasteiger partial charge in [0, 0.05) is 11.7 Å². The SMILES string of the molecule is O=C(Nc1ccc(CC2CCNC3CC23)cc1)OCc1cnco1. The van der Waals surface area contributed by atoms with E-state index in [4.69, 9.17) is 9.15 Å². The van der Waals surface area contributed by atoms with Crippen LogP contribution in [0.2, 0.25) is 0 Å². The molecule has 0 spiro atoms. The second kappa shape index (κ2) is 6.65. The van der Waals surface area contributed by atoms with E-state index in [1.807, 2.05) is 12.1 Å². The highest BCUT2D eigenvalue weighted by Gasteiger charge is 2.44. The molecule has 1 aromatic heterocycles. The lowest BCUT2D eigenvalue weighted by atomic mass is 9.90. The highest BCUT2D eigenvalue weighted by Crippen LogP contribution is 2.43. The monoisotopic (exact) mass is 327 g/mol. The number of anilines is 1. The van der Waals surface area contributed by atoms with Crippen LogP contribution in [-0.2, 0) is 17.8 Å². The Balaban J connectivity index is 1.26. The average molecular weight is 327 g/mol. The minimum Gasteiger partial charge on any atom is -0.445 e. The zero-order valence-corrected chi connectivity index (χ0v) is 13.4. The Bertz CT molecular complexity index is 684. The van der Waals surface area contributed by atoms with Crippen LogP contribution in [0.15, 0.2) is 41.3 Å². The molecular formula is C18H21N3O3. The van der Waals surface area contributed by atoms with E-state index < -0.39 is 6.09 Å². The van der Waals surface area contributed by atoms with E-state index in [-0.39, 0.29) is 6.61 Å². The van der Waals surface area contributed by atoms with Crippen LogP contribution in [0, 0.1) is 11.8 Å². The third-order valence-corrected chi connectivity index (χ3v) is 4.89. The summed E-state index contributed by atoms with van der Waals surface area (Å²) in [7, 11) is 0. The summed E-state index contributed by atoms with van der Waals surface area (Å²) in [5.41, 5.74) is 2.06. The standard InChI is InChI=1S/C18H21N3O3/c22-18(23-10-15-9-19-11-24-15)21-14-3-1-12(2-4-14)7-13-5-6-20-17-8-16(13)17/h1-4,9,11,13,16-17,20H,5-8,10H2,(H,21,22). The summed E-state index contributed by atoms with van der Waals surface area (Å²) < 4.78 is 10.1. The van der Waals surface area contributed by atoms with Gasteiger partial charge in [-0.2, -0.15) is 0 Å². The van der Waals surface area contributed by atoms with Crippen LogP contribution >= 0.6 is 0 Å². The van der Waals surface area contributed by atoms with Gasteiger partial charge in [0.2, 0.25) is 0 Å². The summed E-state index contributed by atoms with van der Waals surface area (Å²) in [5, 5.41) is 6.27. The van der Waals surface area contributed by atoms with Crippen molar-refractivity contribution < 1.29 is 13.9 Å². The van der Waals surface area contributed by atoms with Crippen molar-refractivity contribution >= 4 is 11.8 Å². The van der Waals surface area contributed by atoms with Crippen molar-refractivity contribution in [3.05, 3.63) is 48.2 Å². The molecule has 2 aliphatic rings. The first-order valence-electron chi connectivity index (χ1n) is 8.41. The van der Waals surface area contributed by atoms with Gasteiger partial charge in [-0.05, 0) is 55.3 Å². The van der Waals surface area contributed by atoms with Gasteiger partial charge >= 0.3 is 6.09 Å². The Morgan fingerprint density at radius 3 is 3.04 bits per heavy atom. The minimum absolute atomic E-state index is 0.0716. The Hall–Kier alpha value is -2.34. The highest BCUT2D eigenvalue weighted by atomic mass is 16.6. The molecular weight excluding hydrogens is 306 g/mol. The molecule has 2 N–H and O–H groups in total. The largest absolute Gasteiger partial charge is 0.445 e. The lowest BCUT2D eigenvalue weighted by molar-refractivity contribution is 0.146. The second-order valence-electron chi connectivity index (χ2n) is 6.58. The summed E-state index contributed by atoms with van der Waals surface area (Å²) >= 11 is 0. The van der Waals surface area contributed by atoms with Gasteiger partial charge in [0.1, 0.15) is 0 Å². The Morgan fingerprint density at radius 2 is 2.25 bits per heavy atom. The maximum atomic E-state index is 11.8. The number of fused-ring (bicyclic) bond motifs is 1. The fourth-order valence-corrected chi connectivity index (χ4v) is 3.52. The summed E-state index contributed by atoms with van der Waals surface area (Å²) in [4.78, 5) is 15.5. The number of amides is 1. The molecule has 0 bridgehead atoms. The predicted octanol–water partition coefficient (Wildman–Crippen LogP) is 2.96. The summed E-state index contributed by atoms with van der Waals surface area (Å²) in [6.45, 7) is 1.21. The molecule has 1 saturated carbocycles. The third-order valence-electron chi connectivity index (χ3n) is 4.89. The first kappa shape index (κ1) is 15.2. The number of ether oxygens (including phenoxy) is 1. The van der Waals surface area contributed by atoms with Crippen molar-refractivity contribution in [3.63, 3.8) is 0 Å². The quantitative estimate of drug-likeness (QED) is 0.883. The first-order chi connectivity index (χ1) is 11.8. The van der Waals surface area contributed by atoms with Gasteiger partial charge in [-0.1, -0.05) is 12.1 Å². The number of benzene rings is 1. The predicted molar refractivity (Wildman–Crippen MR) is 88.5 cm³/mol. The number of carbonyl (C=O) groups excluding carboxylic acids is 1. The number of hydrogen-bond donors (Lipinski definition) is 2. The number of carbonyl (C=O) groups is 1. The molecule has 24 heavy (non-hydrogen) atoms. The number of nitrogens with zero attached hydrogens (tertiary/aromatic N) is 1. The second-order valence-corrected chi connectivity index (χ2v) is 6.58. The van der Waals surface area contributed by atoms with Crippen molar-refractivity contribution in [1.82, 2.24) is 10.3 Å². The van der Waals surface area contributed by atoms with Crippen LogP contribution in [0.1, 0.15) is 24.2 Å². The van der Waals surface area contributed by atoms with Crippen LogP contribution in [0.5, 0.6) is 0 Å². The molecule has 1 amide bonds. The summed E-state index contributed by atoms with van der Waals surface area (Å²) in [5.74, 6) is 2.17. The van der Waals surface area contributed by atoms with E-state index in [0.717, 1.165) is 36.5 Å². The Morgan fingerprint density at radius 1 is 1.38 bits per heavy atom. The number of rotatable bonds is 5. The molecule has 1 aromatic carbocycles. The maximum Gasteiger partial charge on any atom is 0.412 e. The Kier molecular flexibility index (Phi) is 4.21. The first-order valence-corrected chi connectivity index (χ1v) is 8.41. The molecule has 2 aromatic rings. The molecule has 4 rings (SSSR count). The Labute approximate surface area is 140 Å². The molecule has 3 atom stereocenters. The van der Waals surface area contributed by atoms with Crippen molar-refractivity contribution in [2.45, 2.75) is 31.9 Å². The van der Waals surface area contributed by atoms with Gasteiger partial charge in [-0.3, -0.25) is 5.32 Å². The molecule has 2 fully saturated rings. The van der Waals surface area contributed by atoms with Gasteiger partial charge in [0.25, 0.3) is 0 Å². The lowest BCUT2D eigenvalue weighted by Crippen LogP contribution is -2.30. The van der Waals surface area contributed by atoms with Gasteiger partial charge < -0.3 is 14.5 Å². The maximum absolute atomic E-state index is 11.8. The number of oxazole rings is 1. The minimum atomic E-state index is -0.502. The van der Waals surface area contributed by atoms with Crippen LogP contribution in [0.4, 0.5) is 10.5 Å². The molecule has 1 aliphatic heterocycles. The van der Waals surface area contributed by atoms with Crippen LogP contribution in [0.3, 0.4) is 0 Å². The van der Waals surface area contributed by atoms with Gasteiger partial charge in [0.05, 0.1) is 6.20 Å². The molecule has 1 saturated heterocycles. The molecule has 0 radical (unpaired) electrons.